The maximum atomic E-state index is 12.0. The minimum Gasteiger partial charge on any atom is -0.497 e. The van der Waals surface area contributed by atoms with Crippen molar-refractivity contribution in [2.24, 2.45) is 0 Å². The Morgan fingerprint density at radius 1 is 0.889 bits per heavy atom. The van der Waals surface area contributed by atoms with E-state index >= 15 is 0 Å². The van der Waals surface area contributed by atoms with Crippen LogP contribution in [0.25, 0.3) is 0 Å². The van der Waals surface area contributed by atoms with Gasteiger partial charge in [-0.05, 0) is 55.0 Å². The van der Waals surface area contributed by atoms with Crippen LogP contribution in [0.3, 0.4) is 0 Å². The van der Waals surface area contributed by atoms with Crippen molar-refractivity contribution in [3.63, 3.8) is 0 Å². The molecule has 0 saturated carbocycles. The van der Waals surface area contributed by atoms with Crippen molar-refractivity contribution in [3.8, 4) is 5.75 Å². The van der Waals surface area contributed by atoms with Gasteiger partial charge in [0.25, 0.3) is 5.91 Å². The predicted octanol–water partition coefficient (Wildman–Crippen LogP) is 2.80. The third-order valence-corrected chi connectivity index (χ3v) is 3.71. The molecule has 0 aliphatic carbocycles. The van der Waals surface area contributed by atoms with E-state index in [1.165, 1.54) is 6.92 Å². The van der Waals surface area contributed by atoms with Crippen LogP contribution in [-0.2, 0) is 9.59 Å². The number of methoxy groups -OCH3 is 1. The third kappa shape index (κ3) is 6.81. The molecule has 2 aromatic carbocycles. The lowest BCUT2D eigenvalue weighted by Gasteiger charge is -2.08. The Bertz CT molecular complexity index is 786. The van der Waals surface area contributed by atoms with E-state index in [0.29, 0.717) is 35.7 Å². The van der Waals surface area contributed by atoms with Crippen molar-refractivity contribution < 1.29 is 19.1 Å². The van der Waals surface area contributed by atoms with Gasteiger partial charge in [-0.15, -0.1) is 0 Å². The van der Waals surface area contributed by atoms with E-state index in [4.69, 9.17) is 4.74 Å². The van der Waals surface area contributed by atoms with Gasteiger partial charge in [-0.1, -0.05) is 0 Å². The van der Waals surface area contributed by atoms with Crippen LogP contribution in [0.2, 0.25) is 0 Å². The maximum absolute atomic E-state index is 12.0. The van der Waals surface area contributed by atoms with Crippen LogP contribution in [0.4, 0.5) is 11.4 Å². The summed E-state index contributed by atoms with van der Waals surface area (Å²) in [6.07, 6.45) is 0.814. The molecular weight excluding hydrogens is 346 g/mol. The minimum atomic E-state index is -0.188. The lowest BCUT2D eigenvalue weighted by Crippen LogP contribution is -2.25. The minimum absolute atomic E-state index is 0.138. The number of amides is 3. The molecule has 2 rings (SSSR count). The molecule has 0 spiro atoms. The highest BCUT2D eigenvalue weighted by molar-refractivity contribution is 5.94. The van der Waals surface area contributed by atoms with Gasteiger partial charge >= 0.3 is 0 Å². The fourth-order valence-corrected chi connectivity index (χ4v) is 2.36. The fraction of sp³-hybridized carbons (Fsp3) is 0.250. The molecule has 0 aliphatic rings. The second-order valence-electron chi connectivity index (χ2n) is 5.89. The van der Waals surface area contributed by atoms with Crippen molar-refractivity contribution >= 4 is 29.1 Å². The van der Waals surface area contributed by atoms with Gasteiger partial charge in [-0.2, -0.15) is 0 Å². The lowest BCUT2D eigenvalue weighted by molar-refractivity contribution is -0.116. The van der Waals surface area contributed by atoms with E-state index in [0.717, 1.165) is 0 Å². The predicted molar refractivity (Wildman–Crippen MR) is 104 cm³/mol. The van der Waals surface area contributed by atoms with E-state index in [1.54, 1.807) is 55.6 Å². The van der Waals surface area contributed by atoms with E-state index in [9.17, 15) is 14.4 Å². The molecule has 0 radical (unpaired) electrons. The highest BCUT2D eigenvalue weighted by Gasteiger charge is 2.06. The third-order valence-electron chi connectivity index (χ3n) is 3.71. The molecule has 7 heteroatoms. The quantitative estimate of drug-likeness (QED) is 0.624. The Kier molecular flexibility index (Phi) is 7.37. The fourth-order valence-electron chi connectivity index (χ4n) is 2.36. The maximum Gasteiger partial charge on any atom is 0.251 e. The standard InChI is InChI=1S/C20H23N3O4/c1-14(24)22-16-7-9-17(10-8-16)23-19(25)4-3-13-21-20(26)15-5-11-18(27-2)12-6-15/h5-12H,3-4,13H2,1-2H3,(H,21,26)(H,22,24)(H,23,25). The summed E-state index contributed by atoms with van der Waals surface area (Å²) in [7, 11) is 1.57. The molecule has 0 atom stereocenters. The van der Waals surface area contributed by atoms with Crippen LogP contribution in [0.15, 0.2) is 48.5 Å². The van der Waals surface area contributed by atoms with Crippen LogP contribution in [0, 0.1) is 0 Å². The molecule has 7 nitrogen and oxygen atoms in total. The Labute approximate surface area is 158 Å². The van der Waals surface area contributed by atoms with Crippen molar-refractivity contribution in [2.75, 3.05) is 24.3 Å². The molecule has 3 amide bonds. The van der Waals surface area contributed by atoms with Gasteiger partial charge in [-0.3, -0.25) is 14.4 Å². The van der Waals surface area contributed by atoms with Gasteiger partial charge in [0.05, 0.1) is 7.11 Å². The van der Waals surface area contributed by atoms with Crippen molar-refractivity contribution in [2.45, 2.75) is 19.8 Å². The van der Waals surface area contributed by atoms with Crippen molar-refractivity contribution in [1.29, 1.82) is 0 Å². The molecule has 0 aliphatic heterocycles. The summed E-state index contributed by atoms with van der Waals surface area (Å²) in [5.74, 6) is 0.212. The molecule has 0 saturated heterocycles. The zero-order valence-electron chi connectivity index (χ0n) is 15.4. The van der Waals surface area contributed by atoms with Gasteiger partial charge in [0.2, 0.25) is 11.8 Å². The largest absolute Gasteiger partial charge is 0.497 e. The van der Waals surface area contributed by atoms with Gasteiger partial charge < -0.3 is 20.7 Å². The first-order valence-electron chi connectivity index (χ1n) is 8.57. The summed E-state index contributed by atoms with van der Waals surface area (Å²) < 4.78 is 5.05. The number of carbonyl (C=O) groups excluding carboxylic acids is 3. The molecule has 0 fully saturated rings. The highest BCUT2D eigenvalue weighted by Crippen LogP contribution is 2.14. The Hall–Kier alpha value is -3.35. The summed E-state index contributed by atoms with van der Waals surface area (Å²) in [5, 5.41) is 8.22. The highest BCUT2D eigenvalue weighted by atomic mass is 16.5. The first-order valence-corrected chi connectivity index (χ1v) is 8.57. The summed E-state index contributed by atoms with van der Waals surface area (Å²) >= 11 is 0. The summed E-state index contributed by atoms with van der Waals surface area (Å²) in [5.41, 5.74) is 1.86. The molecule has 0 heterocycles. The van der Waals surface area contributed by atoms with Crippen LogP contribution >= 0.6 is 0 Å². The van der Waals surface area contributed by atoms with E-state index in [1.807, 2.05) is 0 Å². The summed E-state index contributed by atoms with van der Waals surface area (Å²) in [4.78, 5) is 34.9. The number of nitrogens with one attached hydrogen (secondary N) is 3. The Balaban J connectivity index is 1.69. The second kappa shape index (κ2) is 9.96. The Morgan fingerprint density at radius 2 is 1.48 bits per heavy atom. The zero-order valence-corrected chi connectivity index (χ0v) is 15.4. The molecule has 27 heavy (non-hydrogen) atoms. The van der Waals surface area contributed by atoms with Gasteiger partial charge in [-0.25, -0.2) is 0 Å². The van der Waals surface area contributed by atoms with Crippen molar-refractivity contribution in [3.05, 3.63) is 54.1 Å². The normalized spacial score (nSPS) is 10.0. The first-order chi connectivity index (χ1) is 13.0. The summed E-state index contributed by atoms with van der Waals surface area (Å²) in [6.45, 7) is 1.84. The zero-order chi connectivity index (χ0) is 19.6. The van der Waals surface area contributed by atoms with E-state index in [2.05, 4.69) is 16.0 Å². The van der Waals surface area contributed by atoms with Crippen LogP contribution in [0.5, 0.6) is 5.75 Å². The second-order valence-corrected chi connectivity index (χ2v) is 5.89. The van der Waals surface area contributed by atoms with Crippen LogP contribution in [0.1, 0.15) is 30.1 Å². The van der Waals surface area contributed by atoms with Gasteiger partial charge in [0.1, 0.15) is 5.75 Å². The lowest BCUT2D eigenvalue weighted by atomic mass is 10.2. The molecule has 0 unspecified atom stereocenters. The van der Waals surface area contributed by atoms with Gasteiger partial charge in [0, 0.05) is 36.8 Å². The number of carbonyl (C=O) groups is 3. The molecular formula is C20H23N3O4. The molecule has 3 N–H and O–H groups in total. The molecule has 0 bridgehead atoms. The average molecular weight is 369 g/mol. The number of rotatable bonds is 8. The first kappa shape index (κ1) is 20.0. The Morgan fingerprint density at radius 3 is 2.04 bits per heavy atom. The SMILES string of the molecule is COc1ccc(C(=O)NCCCC(=O)Nc2ccc(NC(C)=O)cc2)cc1. The topological polar surface area (TPSA) is 96.5 Å². The number of benzene rings is 2. The average Bonchev–Trinajstić information content (AvgIpc) is 2.66. The number of ether oxygens (including phenoxy) is 1. The van der Waals surface area contributed by atoms with Gasteiger partial charge in [0.15, 0.2) is 0 Å². The number of anilines is 2. The van der Waals surface area contributed by atoms with E-state index < -0.39 is 0 Å². The molecule has 0 aromatic heterocycles. The molecule has 2 aromatic rings. The smallest absolute Gasteiger partial charge is 0.251 e. The van der Waals surface area contributed by atoms with Crippen LogP contribution < -0.4 is 20.7 Å². The number of hydrogen-bond acceptors (Lipinski definition) is 4. The monoisotopic (exact) mass is 369 g/mol. The molecule has 142 valence electrons. The summed E-state index contributed by atoms with van der Waals surface area (Å²) in [6, 6.07) is 13.7. The number of hydrogen-bond donors (Lipinski definition) is 3. The van der Waals surface area contributed by atoms with Crippen LogP contribution in [-0.4, -0.2) is 31.4 Å². The van der Waals surface area contributed by atoms with E-state index in [-0.39, 0.29) is 24.1 Å². The van der Waals surface area contributed by atoms with Crippen molar-refractivity contribution in [1.82, 2.24) is 5.32 Å².